The lowest BCUT2D eigenvalue weighted by Gasteiger charge is -2.38. The zero-order valence-corrected chi connectivity index (χ0v) is 16.1. The standard InChI is InChI=1S/C20H23N3O2S/c1-19(2,3)25-18(24)23-12-7-10-20(23,15-8-5-4-6-9-15)16-14-22-13-11-21-17(22)26-16/h4-6,8-9,11,13-14H,7,10,12H2,1-3H3. The molecule has 6 heteroatoms. The number of carbonyl (C=O) groups is 1. The largest absolute Gasteiger partial charge is 0.444 e. The number of ether oxygens (including phenoxy) is 1. The molecule has 3 heterocycles. The van der Waals surface area contributed by atoms with Crippen molar-refractivity contribution >= 4 is 22.4 Å². The van der Waals surface area contributed by atoms with E-state index < -0.39 is 11.1 Å². The first kappa shape index (κ1) is 17.1. The first-order valence-electron chi connectivity index (χ1n) is 8.89. The van der Waals surface area contributed by atoms with Gasteiger partial charge in [0.15, 0.2) is 4.96 Å². The molecular formula is C20H23N3O2S. The number of amides is 1. The number of thiazole rings is 1. The molecule has 1 amide bonds. The lowest BCUT2D eigenvalue weighted by molar-refractivity contribution is 0.0135. The van der Waals surface area contributed by atoms with E-state index in [-0.39, 0.29) is 6.09 Å². The number of imidazole rings is 1. The molecule has 0 bridgehead atoms. The van der Waals surface area contributed by atoms with Crippen LogP contribution in [0.4, 0.5) is 4.79 Å². The Morgan fingerprint density at radius 1 is 1.27 bits per heavy atom. The minimum Gasteiger partial charge on any atom is -0.444 e. The summed E-state index contributed by atoms with van der Waals surface area (Å²) in [5, 5.41) is 0. The van der Waals surface area contributed by atoms with Crippen molar-refractivity contribution in [2.45, 2.75) is 44.8 Å². The van der Waals surface area contributed by atoms with Gasteiger partial charge in [-0.15, -0.1) is 0 Å². The van der Waals surface area contributed by atoms with E-state index in [4.69, 9.17) is 4.74 Å². The third-order valence-electron chi connectivity index (χ3n) is 4.74. The average Bonchev–Trinajstić information content (AvgIpc) is 3.28. The van der Waals surface area contributed by atoms with Crippen LogP contribution < -0.4 is 0 Å². The quantitative estimate of drug-likeness (QED) is 0.659. The molecule has 0 radical (unpaired) electrons. The molecule has 1 saturated heterocycles. The van der Waals surface area contributed by atoms with Gasteiger partial charge in [-0.05, 0) is 39.2 Å². The van der Waals surface area contributed by atoms with Gasteiger partial charge < -0.3 is 4.74 Å². The van der Waals surface area contributed by atoms with Gasteiger partial charge >= 0.3 is 6.09 Å². The van der Waals surface area contributed by atoms with Crippen LogP contribution in [0.15, 0.2) is 48.9 Å². The Bertz CT molecular complexity index is 897. The lowest BCUT2D eigenvalue weighted by Crippen LogP contribution is -2.47. The predicted molar refractivity (Wildman–Crippen MR) is 102 cm³/mol. The second-order valence-corrected chi connectivity index (χ2v) is 8.68. The molecule has 0 spiro atoms. The Morgan fingerprint density at radius 2 is 2.04 bits per heavy atom. The highest BCUT2D eigenvalue weighted by Gasteiger charge is 2.49. The third-order valence-corrected chi connectivity index (χ3v) is 5.91. The molecule has 2 aromatic heterocycles. The number of benzene rings is 1. The molecule has 1 fully saturated rings. The number of hydrogen-bond donors (Lipinski definition) is 0. The van der Waals surface area contributed by atoms with E-state index in [1.807, 2.05) is 54.5 Å². The van der Waals surface area contributed by atoms with Gasteiger partial charge in [0.25, 0.3) is 0 Å². The topological polar surface area (TPSA) is 46.8 Å². The molecule has 3 aromatic rings. The molecule has 1 atom stereocenters. The summed E-state index contributed by atoms with van der Waals surface area (Å²) in [6.45, 7) is 6.41. The molecule has 1 aromatic carbocycles. The Labute approximate surface area is 157 Å². The second-order valence-electron chi connectivity index (χ2n) is 7.67. The summed E-state index contributed by atoms with van der Waals surface area (Å²) >= 11 is 1.64. The first-order valence-corrected chi connectivity index (χ1v) is 9.71. The SMILES string of the molecule is CC(C)(C)OC(=O)N1CCCC1(c1ccccc1)c1cn2ccnc2s1. The fourth-order valence-electron chi connectivity index (χ4n) is 3.71. The van der Waals surface area contributed by atoms with E-state index in [9.17, 15) is 4.79 Å². The molecule has 0 N–H and O–H groups in total. The third kappa shape index (κ3) is 2.78. The molecule has 1 aliphatic heterocycles. The molecule has 4 rings (SSSR count). The Morgan fingerprint density at radius 3 is 2.73 bits per heavy atom. The number of rotatable bonds is 2. The first-order chi connectivity index (χ1) is 12.4. The van der Waals surface area contributed by atoms with Crippen LogP contribution in [0.2, 0.25) is 0 Å². The zero-order chi connectivity index (χ0) is 18.4. The Kier molecular flexibility index (Phi) is 4.03. The van der Waals surface area contributed by atoms with Gasteiger partial charge in [0.05, 0.1) is 4.88 Å². The van der Waals surface area contributed by atoms with E-state index in [1.165, 1.54) is 0 Å². The molecule has 26 heavy (non-hydrogen) atoms. The van der Waals surface area contributed by atoms with Crippen LogP contribution in [0.5, 0.6) is 0 Å². The summed E-state index contributed by atoms with van der Waals surface area (Å²) in [6.07, 6.45) is 7.40. The van der Waals surface area contributed by atoms with Crippen molar-refractivity contribution in [3.05, 3.63) is 59.4 Å². The summed E-state index contributed by atoms with van der Waals surface area (Å²) in [6, 6.07) is 10.3. The maximum Gasteiger partial charge on any atom is 0.411 e. The van der Waals surface area contributed by atoms with E-state index in [1.54, 1.807) is 17.5 Å². The van der Waals surface area contributed by atoms with Crippen molar-refractivity contribution in [1.29, 1.82) is 0 Å². The van der Waals surface area contributed by atoms with E-state index in [0.717, 1.165) is 28.2 Å². The molecule has 136 valence electrons. The highest BCUT2D eigenvalue weighted by molar-refractivity contribution is 7.17. The van der Waals surface area contributed by atoms with Crippen LogP contribution >= 0.6 is 11.3 Å². The molecule has 0 saturated carbocycles. The molecule has 1 unspecified atom stereocenters. The van der Waals surface area contributed by atoms with Crippen molar-refractivity contribution in [1.82, 2.24) is 14.3 Å². The summed E-state index contributed by atoms with van der Waals surface area (Å²) in [5.41, 5.74) is 0.0917. The minimum absolute atomic E-state index is 0.259. The van der Waals surface area contributed by atoms with Crippen molar-refractivity contribution in [3.63, 3.8) is 0 Å². The van der Waals surface area contributed by atoms with Gasteiger partial charge in [-0.3, -0.25) is 9.30 Å². The van der Waals surface area contributed by atoms with Gasteiger partial charge in [0.2, 0.25) is 0 Å². The number of nitrogens with zero attached hydrogens (tertiary/aromatic N) is 3. The Hall–Kier alpha value is -2.34. The average molecular weight is 369 g/mol. The molecule has 0 aliphatic carbocycles. The van der Waals surface area contributed by atoms with Crippen molar-refractivity contribution < 1.29 is 9.53 Å². The van der Waals surface area contributed by atoms with E-state index >= 15 is 0 Å². The van der Waals surface area contributed by atoms with Crippen LogP contribution in [-0.2, 0) is 10.3 Å². The van der Waals surface area contributed by atoms with Crippen molar-refractivity contribution in [3.8, 4) is 0 Å². The summed E-state index contributed by atoms with van der Waals surface area (Å²) in [4.78, 5) is 21.4. The second kappa shape index (κ2) is 6.13. The number of hydrogen-bond acceptors (Lipinski definition) is 4. The van der Waals surface area contributed by atoms with Crippen LogP contribution in [0.1, 0.15) is 44.1 Å². The fraction of sp³-hybridized carbons (Fsp3) is 0.400. The summed E-state index contributed by atoms with van der Waals surface area (Å²) in [5.74, 6) is 0. The molecule has 1 aliphatic rings. The van der Waals surface area contributed by atoms with E-state index in [0.29, 0.717) is 6.54 Å². The smallest absolute Gasteiger partial charge is 0.411 e. The number of aromatic nitrogens is 2. The molecular weight excluding hydrogens is 346 g/mol. The number of likely N-dealkylation sites (tertiary alicyclic amines) is 1. The van der Waals surface area contributed by atoms with Crippen LogP contribution in [0, 0.1) is 0 Å². The predicted octanol–water partition coefficient (Wildman–Crippen LogP) is 4.67. The van der Waals surface area contributed by atoms with E-state index in [2.05, 4.69) is 23.3 Å². The summed E-state index contributed by atoms with van der Waals surface area (Å²) < 4.78 is 7.77. The Balaban J connectivity index is 1.85. The van der Waals surface area contributed by atoms with Gasteiger partial charge in [-0.2, -0.15) is 0 Å². The van der Waals surface area contributed by atoms with Gasteiger partial charge in [0.1, 0.15) is 11.1 Å². The molecule has 5 nitrogen and oxygen atoms in total. The van der Waals surface area contributed by atoms with Crippen molar-refractivity contribution in [2.75, 3.05) is 6.54 Å². The normalized spacial score (nSPS) is 20.7. The van der Waals surface area contributed by atoms with Gasteiger partial charge in [-0.1, -0.05) is 41.7 Å². The van der Waals surface area contributed by atoms with Crippen LogP contribution in [0.25, 0.3) is 4.96 Å². The van der Waals surface area contributed by atoms with Crippen LogP contribution in [0.3, 0.4) is 0 Å². The lowest BCUT2D eigenvalue weighted by atomic mass is 9.86. The minimum atomic E-state index is -0.522. The highest BCUT2D eigenvalue weighted by Crippen LogP contribution is 2.47. The number of fused-ring (bicyclic) bond motifs is 1. The zero-order valence-electron chi connectivity index (χ0n) is 15.3. The van der Waals surface area contributed by atoms with Gasteiger partial charge in [0, 0.05) is 25.1 Å². The van der Waals surface area contributed by atoms with Gasteiger partial charge in [-0.25, -0.2) is 9.78 Å². The van der Waals surface area contributed by atoms with Crippen molar-refractivity contribution in [2.24, 2.45) is 0 Å². The van der Waals surface area contributed by atoms with Crippen LogP contribution in [-0.4, -0.2) is 32.5 Å². The maximum absolute atomic E-state index is 13.1. The maximum atomic E-state index is 13.1. The summed E-state index contributed by atoms with van der Waals surface area (Å²) in [7, 11) is 0. The fourth-order valence-corrected chi connectivity index (χ4v) is 4.91. The highest BCUT2D eigenvalue weighted by atomic mass is 32.1. The monoisotopic (exact) mass is 369 g/mol. The number of carbonyl (C=O) groups excluding carboxylic acids is 1.